The Labute approximate surface area is 128 Å². The van der Waals surface area contributed by atoms with Crippen molar-refractivity contribution in [3.05, 3.63) is 58.1 Å². The Morgan fingerprint density at radius 1 is 0.700 bits per heavy atom. The summed E-state index contributed by atoms with van der Waals surface area (Å²) < 4.78 is 0. The molecule has 1 unspecified atom stereocenters. The molecule has 0 radical (unpaired) electrons. The van der Waals surface area contributed by atoms with Gasteiger partial charge in [-0.25, -0.2) is 0 Å². The summed E-state index contributed by atoms with van der Waals surface area (Å²) in [6, 6.07) is 10.6. The summed E-state index contributed by atoms with van der Waals surface area (Å²) in [5, 5.41) is 2.68. The maximum Gasteiger partial charge on any atom is 0.214 e. The lowest BCUT2D eigenvalue weighted by Gasteiger charge is -2.28. The summed E-state index contributed by atoms with van der Waals surface area (Å²) in [6.45, 7) is 13.3. The van der Waals surface area contributed by atoms with Crippen LogP contribution in [0.25, 0.3) is 0 Å². The first kappa shape index (κ1) is 15.3. The molecule has 0 saturated carbocycles. The van der Waals surface area contributed by atoms with Crippen molar-refractivity contribution in [1.29, 1.82) is 0 Å². The second-order valence-electron chi connectivity index (χ2n) is 5.87. The third kappa shape index (κ3) is 2.34. The highest BCUT2D eigenvalue weighted by Crippen LogP contribution is 2.24. The lowest BCUT2D eigenvalue weighted by atomic mass is 9.95. The van der Waals surface area contributed by atoms with Crippen LogP contribution in [0, 0.1) is 34.6 Å². The van der Waals surface area contributed by atoms with E-state index in [9.17, 15) is 0 Å². The minimum absolute atomic E-state index is 1.29. The van der Waals surface area contributed by atoms with Gasteiger partial charge in [0, 0.05) is 0 Å². The standard InChI is InChI=1S/C18H23ClSi/c1-12-13(2)15(4)18(16(5)14(12)3)20(6,19)17-10-8-7-9-11-17/h7-11H,1-6H3. The van der Waals surface area contributed by atoms with Gasteiger partial charge in [-0.1, -0.05) is 30.3 Å². The van der Waals surface area contributed by atoms with E-state index in [1.165, 1.54) is 38.2 Å². The van der Waals surface area contributed by atoms with Gasteiger partial charge in [-0.15, -0.1) is 0 Å². The van der Waals surface area contributed by atoms with Crippen LogP contribution < -0.4 is 10.4 Å². The van der Waals surface area contributed by atoms with E-state index >= 15 is 0 Å². The Hall–Kier alpha value is -1.05. The third-order valence-electron chi connectivity index (χ3n) is 4.79. The number of benzene rings is 2. The molecule has 0 heterocycles. The van der Waals surface area contributed by atoms with E-state index in [2.05, 4.69) is 71.5 Å². The molecule has 0 amide bonds. The summed E-state index contributed by atoms with van der Waals surface area (Å²) in [7, 11) is -2.16. The Kier molecular flexibility index (Phi) is 4.13. The summed E-state index contributed by atoms with van der Waals surface area (Å²) in [5.41, 5.74) is 6.92. The number of rotatable bonds is 2. The molecule has 0 fully saturated rings. The lowest BCUT2D eigenvalue weighted by Crippen LogP contribution is -2.53. The van der Waals surface area contributed by atoms with E-state index < -0.39 is 7.38 Å². The molecule has 0 N–H and O–H groups in total. The van der Waals surface area contributed by atoms with Crippen molar-refractivity contribution in [2.24, 2.45) is 0 Å². The highest BCUT2D eigenvalue weighted by Gasteiger charge is 2.34. The molecule has 0 saturated heterocycles. The van der Waals surface area contributed by atoms with Crippen LogP contribution in [-0.4, -0.2) is 7.38 Å². The van der Waals surface area contributed by atoms with Crippen LogP contribution in [0.4, 0.5) is 0 Å². The molecule has 0 aliphatic rings. The molecule has 0 aliphatic carbocycles. The SMILES string of the molecule is Cc1c(C)c(C)c([Si](C)(Cl)c2ccccc2)c(C)c1C. The quantitative estimate of drug-likeness (QED) is 0.577. The molecule has 1 atom stereocenters. The van der Waals surface area contributed by atoms with Crippen LogP contribution in [0.3, 0.4) is 0 Å². The van der Waals surface area contributed by atoms with E-state index in [0.29, 0.717) is 0 Å². The van der Waals surface area contributed by atoms with Crippen molar-refractivity contribution in [2.75, 3.05) is 0 Å². The van der Waals surface area contributed by atoms with Crippen molar-refractivity contribution >= 4 is 28.8 Å². The fourth-order valence-corrected chi connectivity index (χ4v) is 7.22. The number of hydrogen-bond donors (Lipinski definition) is 0. The van der Waals surface area contributed by atoms with Gasteiger partial charge >= 0.3 is 0 Å². The minimum Gasteiger partial charge on any atom is -0.155 e. The van der Waals surface area contributed by atoms with Crippen molar-refractivity contribution in [3.63, 3.8) is 0 Å². The molecule has 0 aliphatic heterocycles. The predicted molar refractivity (Wildman–Crippen MR) is 93.3 cm³/mol. The molecule has 0 aromatic heterocycles. The Bertz CT molecular complexity index is 613. The smallest absolute Gasteiger partial charge is 0.155 e. The van der Waals surface area contributed by atoms with Crippen LogP contribution in [0.15, 0.2) is 30.3 Å². The van der Waals surface area contributed by atoms with Crippen molar-refractivity contribution in [2.45, 2.75) is 41.2 Å². The molecular weight excluding hydrogens is 280 g/mol. The zero-order valence-electron chi connectivity index (χ0n) is 13.3. The van der Waals surface area contributed by atoms with Crippen LogP contribution in [0.5, 0.6) is 0 Å². The molecule has 20 heavy (non-hydrogen) atoms. The van der Waals surface area contributed by atoms with E-state index in [4.69, 9.17) is 11.1 Å². The molecule has 2 aromatic rings. The fraction of sp³-hybridized carbons (Fsp3) is 0.333. The topological polar surface area (TPSA) is 0 Å². The first-order valence-electron chi connectivity index (χ1n) is 7.10. The molecule has 0 nitrogen and oxygen atoms in total. The minimum atomic E-state index is -2.16. The molecule has 2 heteroatoms. The van der Waals surface area contributed by atoms with Crippen LogP contribution in [0.2, 0.25) is 6.55 Å². The van der Waals surface area contributed by atoms with E-state index in [0.717, 1.165) is 0 Å². The van der Waals surface area contributed by atoms with E-state index in [-0.39, 0.29) is 0 Å². The molecular formula is C18H23ClSi. The van der Waals surface area contributed by atoms with Gasteiger partial charge in [0.1, 0.15) is 0 Å². The van der Waals surface area contributed by atoms with E-state index in [1.807, 2.05) is 0 Å². The van der Waals surface area contributed by atoms with Gasteiger partial charge in [0.2, 0.25) is 7.38 Å². The maximum absolute atomic E-state index is 7.13. The first-order chi connectivity index (χ1) is 9.28. The average Bonchev–Trinajstić information content (AvgIpc) is 2.44. The Balaban J connectivity index is 2.76. The van der Waals surface area contributed by atoms with Gasteiger partial charge in [0.25, 0.3) is 0 Å². The molecule has 0 spiro atoms. The molecule has 106 valence electrons. The van der Waals surface area contributed by atoms with Gasteiger partial charge in [0.15, 0.2) is 0 Å². The highest BCUT2D eigenvalue weighted by atomic mass is 35.6. The summed E-state index contributed by atoms with van der Waals surface area (Å²) in [5.74, 6) is 0. The van der Waals surface area contributed by atoms with Crippen LogP contribution in [-0.2, 0) is 0 Å². The highest BCUT2D eigenvalue weighted by molar-refractivity contribution is 7.33. The largest absolute Gasteiger partial charge is 0.214 e. The molecule has 0 bridgehead atoms. The third-order valence-corrected chi connectivity index (χ3v) is 9.11. The first-order valence-corrected chi connectivity index (χ1v) is 10.6. The van der Waals surface area contributed by atoms with Gasteiger partial charge in [-0.3, -0.25) is 0 Å². The van der Waals surface area contributed by atoms with Gasteiger partial charge < -0.3 is 0 Å². The van der Waals surface area contributed by atoms with Crippen molar-refractivity contribution in [1.82, 2.24) is 0 Å². The number of halogens is 1. The van der Waals surface area contributed by atoms with Crippen molar-refractivity contribution in [3.8, 4) is 0 Å². The summed E-state index contributed by atoms with van der Waals surface area (Å²) >= 11 is 7.13. The zero-order valence-corrected chi connectivity index (χ0v) is 15.0. The maximum atomic E-state index is 7.13. The Morgan fingerprint density at radius 2 is 1.10 bits per heavy atom. The van der Waals surface area contributed by atoms with Crippen molar-refractivity contribution < 1.29 is 0 Å². The summed E-state index contributed by atoms with van der Waals surface area (Å²) in [4.78, 5) is 0. The lowest BCUT2D eigenvalue weighted by molar-refractivity contribution is 1.19. The van der Waals surface area contributed by atoms with Gasteiger partial charge in [-0.2, -0.15) is 11.1 Å². The fourth-order valence-electron chi connectivity index (χ4n) is 3.10. The average molecular weight is 303 g/mol. The molecule has 2 rings (SSSR count). The molecule has 2 aromatic carbocycles. The van der Waals surface area contributed by atoms with Crippen LogP contribution >= 0.6 is 11.1 Å². The summed E-state index contributed by atoms with van der Waals surface area (Å²) in [6.07, 6.45) is 0. The van der Waals surface area contributed by atoms with Gasteiger partial charge in [0.05, 0.1) is 0 Å². The second-order valence-corrected chi connectivity index (χ2v) is 11.2. The Morgan fingerprint density at radius 3 is 1.55 bits per heavy atom. The van der Waals surface area contributed by atoms with Gasteiger partial charge in [-0.05, 0) is 79.4 Å². The monoisotopic (exact) mass is 302 g/mol. The normalized spacial score (nSPS) is 14.2. The van der Waals surface area contributed by atoms with Crippen LogP contribution in [0.1, 0.15) is 27.8 Å². The second kappa shape index (κ2) is 5.38. The zero-order chi connectivity index (χ0) is 15.1. The van der Waals surface area contributed by atoms with E-state index in [1.54, 1.807) is 0 Å². The predicted octanol–water partition coefficient (Wildman–Crippen LogP) is 4.16. The number of hydrogen-bond acceptors (Lipinski definition) is 0.